The quantitative estimate of drug-likeness (QED) is 0.662. The minimum Gasteiger partial charge on any atom is -0.462 e. The van der Waals surface area contributed by atoms with Gasteiger partial charge in [0.15, 0.2) is 0 Å². The molecular weight excluding hydrogens is 164 g/mol. The molecule has 0 amide bonds. The summed E-state index contributed by atoms with van der Waals surface area (Å²) in [5, 5.41) is 0. The molecule has 0 aliphatic carbocycles. The maximum atomic E-state index is 10.5. The van der Waals surface area contributed by atoms with Gasteiger partial charge in [0.1, 0.15) is 6.58 Å². The number of hydrogen-bond donors (Lipinski definition) is 0. The van der Waals surface area contributed by atoms with Gasteiger partial charge in [0.25, 0.3) is 0 Å². The molecule has 1 aromatic rings. The predicted octanol–water partition coefficient (Wildman–Crippen LogP) is 2.26. The van der Waals surface area contributed by atoms with Crippen LogP contribution in [0.3, 0.4) is 0 Å². The highest BCUT2D eigenvalue weighted by atomic mass is 16.5. The molecule has 1 rings (SSSR count). The topological polar surface area (TPSA) is 26.3 Å². The van der Waals surface area contributed by atoms with Gasteiger partial charge in [-0.15, -0.1) is 0 Å². The third kappa shape index (κ3) is 4.11. The van der Waals surface area contributed by atoms with Crippen LogP contribution in [0.1, 0.15) is 13.9 Å². The second kappa shape index (κ2) is 5.14. The summed E-state index contributed by atoms with van der Waals surface area (Å²) in [6, 6.07) is 9.56. The predicted molar refractivity (Wildman–Crippen MR) is 52.1 cm³/mol. The molecule has 0 heterocycles. The molecule has 0 fully saturated rings. The fourth-order valence-corrected chi connectivity index (χ4v) is 0.850. The summed E-state index contributed by atoms with van der Waals surface area (Å²) in [6.45, 7) is 0.366. The van der Waals surface area contributed by atoms with Crippen LogP contribution in [0.5, 0.6) is 0 Å². The summed E-state index contributed by atoms with van der Waals surface area (Å²) in [4.78, 5) is 10.5. The Balaban J connectivity index is 2.52. The number of rotatable bonds is 3. The van der Waals surface area contributed by atoms with Crippen LogP contribution in [-0.4, -0.2) is 12.6 Å². The zero-order valence-electron chi connectivity index (χ0n) is 8.44. The summed E-state index contributed by atoms with van der Waals surface area (Å²) in [5.41, 5.74) is 0.983. The van der Waals surface area contributed by atoms with Crippen molar-refractivity contribution in [3.8, 4) is 0 Å². The van der Waals surface area contributed by atoms with E-state index in [9.17, 15) is 4.79 Å². The summed E-state index contributed by atoms with van der Waals surface area (Å²) < 4.78 is 11.9. The van der Waals surface area contributed by atoms with Crippen molar-refractivity contribution in [2.75, 3.05) is 6.58 Å². The van der Waals surface area contributed by atoms with E-state index < -0.39 is 12.6 Å². The first-order valence-corrected chi connectivity index (χ1v) is 4.01. The van der Waals surface area contributed by atoms with Crippen molar-refractivity contribution < 1.29 is 10.9 Å². The summed E-state index contributed by atoms with van der Waals surface area (Å²) in [7, 11) is 0. The van der Waals surface area contributed by atoms with Crippen molar-refractivity contribution in [2.45, 2.75) is 6.92 Å². The van der Waals surface area contributed by atoms with Crippen LogP contribution in [0.15, 0.2) is 36.4 Å². The normalized spacial score (nSPS) is 13.8. The van der Waals surface area contributed by atoms with Crippen LogP contribution < -0.4 is 0 Å². The molecule has 0 bridgehead atoms. The maximum Gasteiger partial charge on any atom is 0.302 e. The van der Waals surface area contributed by atoms with E-state index >= 15 is 0 Å². The van der Waals surface area contributed by atoms with Crippen LogP contribution in [0.2, 0.25) is 0 Å². The van der Waals surface area contributed by atoms with Gasteiger partial charge in [-0.2, -0.15) is 0 Å². The van der Waals surface area contributed by atoms with Crippen LogP contribution in [-0.2, 0) is 9.53 Å². The van der Waals surface area contributed by atoms with Gasteiger partial charge in [0.05, 0.1) is 1.37 Å². The van der Waals surface area contributed by atoms with E-state index in [1.807, 2.05) is 30.3 Å². The molecule has 0 saturated carbocycles. The minimum atomic E-state index is -0.923. The number of benzene rings is 1. The second-order valence-electron chi connectivity index (χ2n) is 2.52. The van der Waals surface area contributed by atoms with Gasteiger partial charge in [-0.25, -0.2) is 0 Å². The van der Waals surface area contributed by atoms with Crippen molar-refractivity contribution in [3.05, 3.63) is 42.0 Å². The van der Waals surface area contributed by atoms with Crippen molar-refractivity contribution in [1.29, 1.82) is 0 Å². The van der Waals surface area contributed by atoms with E-state index in [-0.39, 0.29) is 0 Å². The molecule has 2 heteroatoms. The zero-order chi connectivity index (χ0) is 10.4. The van der Waals surface area contributed by atoms with E-state index in [4.69, 9.17) is 1.37 Å². The molecule has 0 spiro atoms. The molecular formula is C11H12O2. The molecule has 1 aromatic carbocycles. The lowest BCUT2D eigenvalue weighted by Gasteiger charge is -1.94. The molecule has 1 atom stereocenters. The first kappa shape index (κ1) is 8.05. The van der Waals surface area contributed by atoms with Crippen LogP contribution in [0.25, 0.3) is 6.08 Å². The lowest BCUT2D eigenvalue weighted by atomic mass is 10.2. The smallest absolute Gasteiger partial charge is 0.302 e. The molecule has 1 unspecified atom stereocenters. The van der Waals surface area contributed by atoms with E-state index in [0.29, 0.717) is 0 Å². The minimum absolute atomic E-state index is 0.442. The Bertz CT molecular complexity index is 319. The van der Waals surface area contributed by atoms with Gasteiger partial charge in [-0.1, -0.05) is 36.4 Å². The molecule has 0 saturated heterocycles. The lowest BCUT2D eigenvalue weighted by molar-refractivity contribution is -0.139. The fourth-order valence-electron chi connectivity index (χ4n) is 0.850. The van der Waals surface area contributed by atoms with E-state index in [0.717, 1.165) is 5.56 Å². The van der Waals surface area contributed by atoms with Crippen LogP contribution in [0, 0.1) is 0 Å². The Hall–Kier alpha value is -1.57. The third-order valence-electron chi connectivity index (χ3n) is 1.40. The fraction of sp³-hybridized carbons (Fsp3) is 0.182. The Labute approximate surface area is 79.2 Å². The number of esters is 1. The molecule has 0 aromatic heterocycles. The first-order chi connectivity index (χ1) is 6.68. The molecule has 0 aliphatic rings. The SMILES string of the molecule is [2H]C(/C=C/c1ccccc1)OC(C)=O. The lowest BCUT2D eigenvalue weighted by Crippen LogP contribution is -1.97. The summed E-state index contributed by atoms with van der Waals surface area (Å²) >= 11 is 0. The first-order valence-electron chi connectivity index (χ1n) is 4.59. The van der Waals surface area contributed by atoms with Gasteiger partial charge in [0.2, 0.25) is 0 Å². The average Bonchev–Trinajstić information content (AvgIpc) is 2.15. The maximum absolute atomic E-state index is 10.5. The summed E-state index contributed by atoms with van der Waals surface area (Å²) in [6.07, 6.45) is 3.28. The second-order valence-corrected chi connectivity index (χ2v) is 2.52. The standard InChI is InChI=1S/C11H12O2/c1-10(12)13-9-5-8-11-6-3-2-4-7-11/h2-8H,9H2,1H3/b8-5+/i9D. The number of hydrogen-bond acceptors (Lipinski definition) is 2. The third-order valence-corrected chi connectivity index (χ3v) is 1.40. The van der Waals surface area contributed by atoms with Gasteiger partial charge < -0.3 is 4.74 Å². The Morgan fingerprint density at radius 2 is 2.23 bits per heavy atom. The van der Waals surface area contributed by atoms with Crippen molar-refractivity contribution in [3.63, 3.8) is 0 Å². The molecule has 2 nitrogen and oxygen atoms in total. The summed E-state index contributed by atoms with van der Waals surface area (Å²) in [5.74, 6) is -0.442. The number of carbonyl (C=O) groups is 1. The molecule has 13 heavy (non-hydrogen) atoms. The van der Waals surface area contributed by atoms with Crippen molar-refractivity contribution in [2.24, 2.45) is 0 Å². The zero-order valence-corrected chi connectivity index (χ0v) is 7.44. The van der Waals surface area contributed by atoms with E-state index in [2.05, 4.69) is 4.74 Å². The van der Waals surface area contributed by atoms with E-state index in [1.54, 1.807) is 6.08 Å². The van der Waals surface area contributed by atoms with E-state index in [1.165, 1.54) is 13.0 Å². The van der Waals surface area contributed by atoms with Crippen molar-refractivity contribution >= 4 is 12.0 Å². The highest BCUT2D eigenvalue weighted by Crippen LogP contribution is 2.00. The molecule has 68 valence electrons. The Morgan fingerprint density at radius 3 is 2.85 bits per heavy atom. The highest BCUT2D eigenvalue weighted by Gasteiger charge is 1.87. The van der Waals surface area contributed by atoms with Gasteiger partial charge in [-0.05, 0) is 11.6 Å². The number of carbonyl (C=O) groups excluding carboxylic acids is 1. The highest BCUT2D eigenvalue weighted by molar-refractivity contribution is 5.66. The molecule has 0 N–H and O–H groups in total. The van der Waals surface area contributed by atoms with Gasteiger partial charge in [-0.3, -0.25) is 4.79 Å². The van der Waals surface area contributed by atoms with Crippen LogP contribution in [0.4, 0.5) is 0 Å². The monoisotopic (exact) mass is 177 g/mol. The van der Waals surface area contributed by atoms with Gasteiger partial charge in [0, 0.05) is 6.92 Å². The van der Waals surface area contributed by atoms with Crippen LogP contribution >= 0.6 is 0 Å². The Morgan fingerprint density at radius 1 is 1.54 bits per heavy atom. The largest absolute Gasteiger partial charge is 0.462 e. The Kier molecular flexibility index (Phi) is 3.18. The average molecular weight is 177 g/mol. The molecule has 0 aliphatic heterocycles. The molecule has 0 radical (unpaired) electrons. The van der Waals surface area contributed by atoms with Crippen molar-refractivity contribution in [1.82, 2.24) is 0 Å². The number of ether oxygens (including phenoxy) is 1. The van der Waals surface area contributed by atoms with Gasteiger partial charge >= 0.3 is 5.97 Å².